The van der Waals surface area contributed by atoms with Crippen molar-refractivity contribution in [2.75, 3.05) is 19.1 Å². The molecular formula is C28H31F2N4O7PS. The summed E-state index contributed by atoms with van der Waals surface area (Å²) in [5.74, 6) is -0.787. The van der Waals surface area contributed by atoms with Crippen LogP contribution in [0.15, 0.2) is 42.6 Å². The van der Waals surface area contributed by atoms with Crippen LogP contribution in [0.3, 0.4) is 0 Å². The van der Waals surface area contributed by atoms with Gasteiger partial charge in [0.25, 0.3) is 5.91 Å². The summed E-state index contributed by atoms with van der Waals surface area (Å²) in [7, 11) is -2.64. The van der Waals surface area contributed by atoms with E-state index in [1.54, 1.807) is 24.1 Å². The summed E-state index contributed by atoms with van der Waals surface area (Å²) in [5, 5.41) is 3.00. The van der Waals surface area contributed by atoms with Gasteiger partial charge >= 0.3 is 13.3 Å². The van der Waals surface area contributed by atoms with Gasteiger partial charge in [-0.25, -0.2) is 4.98 Å². The number of pyridine rings is 1. The van der Waals surface area contributed by atoms with Crippen molar-refractivity contribution in [2.45, 2.75) is 62.3 Å². The topological polar surface area (TPSA) is 149 Å². The number of anilines is 1. The number of rotatable bonds is 7. The molecule has 0 unspecified atom stereocenters. The lowest BCUT2D eigenvalue weighted by Gasteiger charge is -2.36. The fourth-order valence-electron chi connectivity index (χ4n) is 5.69. The van der Waals surface area contributed by atoms with Gasteiger partial charge in [-0.15, -0.1) is 11.3 Å². The second kappa shape index (κ2) is 11.9. The molecule has 3 atom stereocenters. The Morgan fingerprint density at radius 1 is 1.14 bits per heavy atom. The molecule has 3 amide bonds. The minimum Gasteiger partial charge on any atom is -0.481 e. The first-order chi connectivity index (χ1) is 20.3. The highest BCUT2D eigenvalue weighted by Crippen LogP contribution is 2.59. The first-order valence-corrected chi connectivity index (χ1v) is 16.1. The molecule has 0 saturated carbocycles. The largest absolute Gasteiger partial charge is 0.481 e. The van der Waals surface area contributed by atoms with Crippen molar-refractivity contribution >= 4 is 52.4 Å². The summed E-state index contributed by atoms with van der Waals surface area (Å²) in [6.07, 6.45) is 5.31. The number of alkyl halides is 2. The van der Waals surface area contributed by atoms with E-state index in [-0.39, 0.29) is 28.1 Å². The third-order valence-corrected chi connectivity index (χ3v) is 10.1. The van der Waals surface area contributed by atoms with E-state index >= 15 is 0 Å². The standard InChI is InChI=1S/C28H31F2N4O7PS/c1-33(19-9-12-24(41-2)31-15-19)27(37)21-10-8-18-5-3-4-6-20(26(36)34(18)21)32-25(35)23-14-16-13-17(7-11-22(16)43-23)28(29,30)42(38,39)40/h7,9,11-15,18,20-21H,3-6,8,10H2,1-2H3,(H,32,35)(H2,38,39,40)/t18-,20-,21-/m0/s1. The lowest BCUT2D eigenvalue weighted by Crippen LogP contribution is -2.56. The predicted molar refractivity (Wildman–Crippen MR) is 155 cm³/mol. The third kappa shape index (κ3) is 6.01. The molecule has 4 heterocycles. The molecule has 0 aliphatic carbocycles. The highest BCUT2D eigenvalue weighted by atomic mass is 32.1. The first kappa shape index (κ1) is 31.0. The van der Waals surface area contributed by atoms with Crippen LogP contribution in [0.4, 0.5) is 14.5 Å². The number of hydrogen-bond acceptors (Lipinski definition) is 7. The smallest absolute Gasteiger partial charge is 0.399 e. The average molecular weight is 637 g/mol. The number of methoxy groups -OCH3 is 1. The van der Waals surface area contributed by atoms with E-state index in [9.17, 15) is 27.7 Å². The van der Waals surface area contributed by atoms with E-state index in [4.69, 9.17) is 14.5 Å². The summed E-state index contributed by atoms with van der Waals surface area (Å²) in [6.45, 7) is 0. The Kier molecular flexibility index (Phi) is 8.59. The summed E-state index contributed by atoms with van der Waals surface area (Å²) >= 11 is 1.01. The molecule has 0 spiro atoms. The molecule has 15 heteroatoms. The molecule has 1 aromatic carbocycles. The van der Waals surface area contributed by atoms with E-state index in [1.807, 2.05) is 0 Å². The highest BCUT2D eigenvalue weighted by Gasteiger charge is 2.50. The van der Waals surface area contributed by atoms with Crippen molar-refractivity contribution in [1.29, 1.82) is 0 Å². The Morgan fingerprint density at radius 3 is 2.56 bits per heavy atom. The van der Waals surface area contributed by atoms with Gasteiger partial charge in [0, 0.05) is 29.4 Å². The lowest BCUT2D eigenvalue weighted by molar-refractivity contribution is -0.141. The summed E-state index contributed by atoms with van der Waals surface area (Å²) in [4.78, 5) is 66.3. The molecule has 3 N–H and O–H groups in total. The Hall–Kier alpha value is -3.45. The van der Waals surface area contributed by atoms with Crippen LogP contribution in [0.5, 0.6) is 5.88 Å². The van der Waals surface area contributed by atoms with Gasteiger partial charge in [-0.2, -0.15) is 8.78 Å². The number of aromatic nitrogens is 1. The molecule has 5 rings (SSSR count). The Morgan fingerprint density at radius 2 is 1.88 bits per heavy atom. The van der Waals surface area contributed by atoms with Crippen LogP contribution in [-0.4, -0.2) is 69.7 Å². The molecule has 2 saturated heterocycles. The van der Waals surface area contributed by atoms with Gasteiger partial charge in [-0.3, -0.25) is 18.9 Å². The maximum atomic E-state index is 14.2. The van der Waals surface area contributed by atoms with Gasteiger partial charge in [0.2, 0.25) is 17.7 Å². The van der Waals surface area contributed by atoms with Crippen LogP contribution in [0, 0.1) is 0 Å². The molecular weight excluding hydrogens is 605 g/mol. The van der Waals surface area contributed by atoms with Crippen LogP contribution in [0.1, 0.15) is 53.8 Å². The van der Waals surface area contributed by atoms with Gasteiger partial charge in [0.15, 0.2) is 0 Å². The number of amides is 3. The maximum Gasteiger partial charge on any atom is 0.399 e. The fraction of sp³-hybridized carbons (Fsp3) is 0.429. The normalized spacial score (nSPS) is 21.2. The van der Waals surface area contributed by atoms with E-state index in [0.29, 0.717) is 42.0 Å². The molecule has 3 aromatic rings. The van der Waals surface area contributed by atoms with E-state index in [1.165, 1.54) is 30.3 Å². The number of ether oxygens (including phenoxy) is 1. The number of carbonyl (C=O) groups excluding carboxylic acids is 3. The number of nitrogens with zero attached hydrogens (tertiary/aromatic N) is 3. The maximum absolute atomic E-state index is 14.2. The van der Waals surface area contributed by atoms with Gasteiger partial charge < -0.3 is 29.6 Å². The van der Waals surface area contributed by atoms with Crippen molar-refractivity contribution < 1.29 is 42.3 Å². The second-order valence-corrected chi connectivity index (χ2v) is 13.4. The Bertz CT molecular complexity index is 1600. The Balaban J connectivity index is 1.34. The number of carbonyl (C=O) groups is 3. The quantitative estimate of drug-likeness (QED) is 0.327. The number of thiophene rings is 1. The van der Waals surface area contributed by atoms with Crippen molar-refractivity contribution in [3.05, 3.63) is 53.0 Å². The van der Waals surface area contributed by atoms with Crippen LogP contribution in [0.2, 0.25) is 0 Å². The highest BCUT2D eigenvalue weighted by molar-refractivity contribution is 7.52. The molecule has 2 aliphatic heterocycles. The minimum atomic E-state index is -5.75. The van der Waals surface area contributed by atoms with Gasteiger partial charge in [0.1, 0.15) is 12.1 Å². The van der Waals surface area contributed by atoms with E-state index in [0.717, 1.165) is 36.3 Å². The van der Waals surface area contributed by atoms with E-state index in [2.05, 4.69) is 10.3 Å². The zero-order chi connectivity index (χ0) is 31.1. The fourth-order valence-corrected chi connectivity index (χ4v) is 7.11. The lowest BCUT2D eigenvalue weighted by atomic mass is 9.99. The third-order valence-electron chi connectivity index (χ3n) is 8.03. The number of likely N-dealkylation sites (N-methyl/N-ethyl adjacent to an activating group) is 1. The number of halogens is 2. The molecule has 230 valence electrons. The number of hydrogen-bond donors (Lipinski definition) is 3. The number of fused-ring (bicyclic) bond motifs is 2. The Labute approximate surface area is 250 Å². The predicted octanol–water partition coefficient (Wildman–Crippen LogP) is 4.23. The van der Waals surface area contributed by atoms with Crippen molar-refractivity contribution in [3.63, 3.8) is 0 Å². The molecule has 2 aromatic heterocycles. The van der Waals surface area contributed by atoms with Crippen molar-refractivity contribution in [3.8, 4) is 5.88 Å². The summed E-state index contributed by atoms with van der Waals surface area (Å²) in [6, 6.07) is 6.10. The molecule has 0 radical (unpaired) electrons. The summed E-state index contributed by atoms with van der Waals surface area (Å²) in [5.41, 5.74) is -4.70. The van der Waals surface area contributed by atoms with Gasteiger partial charge in [-0.05, 0) is 55.3 Å². The summed E-state index contributed by atoms with van der Waals surface area (Å²) < 4.78 is 45.3. The second-order valence-electron chi connectivity index (χ2n) is 10.7. The average Bonchev–Trinajstić information content (AvgIpc) is 3.60. The molecule has 11 nitrogen and oxygen atoms in total. The van der Waals surface area contributed by atoms with Gasteiger partial charge in [-0.1, -0.05) is 18.9 Å². The zero-order valence-corrected chi connectivity index (χ0v) is 25.1. The number of benzene rings is 1. The molecule has 2 fully saturated rings. The van der Waals surface area contributed by atoms with Crippen LogP contribution in [-0.2, 0) is 19.8 Å². The van der Waals surface area contributed by atoms with Crippen molar-refractivity contribution in [1.82, 2.24) is 15.2 Å². The van der Waals surface area contributed by atoms with Crippen LogP contribution < -0.4 is 15.0 Å². The van der Waals surface area contributed by atoms with Crippen molar-refractivity contribution in [2.24, 2.45) is 0 Å². The minimum absolute atomic E-state index is 0.137. The van der Waals surface area contributed by atoms with E-state index < -0.39 is 36.8 Å². The zero-order valence-electron chi connectivity index (χ0n) is 23.4. The molecule has 43 heavy (non-hydrogen) atoms. The molecule has 0 bridgehead atoms. The number of nitrogens with one attached hydrogen (secondary N) is 1. The van der Waals surface area contributed by atoms with Gasteiger partial charge in [0.05, 0.1) is 23.9 Å². The van der Waals surface area contributed by atoms with Crippen LogP contribution in [0.25, 0.3) is 10.1 Å². The first-order valence-electron chi connectivity index (χ1n) is 13.7. The SMILES string of the molecule is COc1ccc(N(C)C(=O)[C@@H]2CC[C@@H]3CCCC[C@H](NC(=O)c4cc5cc(C(F)(F)P(=O)(O)O)ccc5s4)C(=O)N32)cn1. The van der Waals surface area contributed by atoms with Crippen LogP contribution >= 0.6 is 18.9 Å². The monoisotopic (exact) mass is 636 g/mol. The molecule has 2 aliphatic rings.